The van der Waals surface area contributed by atoms with Gasteiger partial charge in [-0.25, -0.2) is 8.78 Å². The average Bonchev–Trinajstić information content (AvgIpc) is 2.38. The van der Waals surface area contributed by atoms with Crippen LogP contribution in [0.25, 0.3) is 11.1 Å². The van der Waals surface area contributed by atoms with Crippen LogP contribution in [-0.4, -0.2) is 7.11 Å². The first-order chi connectivity index (χ1) is 8.65. The third-order valence-corrected chi connectivity index (χ3v) is 2.72. The van der Waals surface area contributed by atoms with E-state index in [2.05, 4.69) is 0 Å². The maximum atomic E-state index is 13.9. The van der Waals surface area contributed by atoms with Gasteiger partial charge in [0.2, 0.25) is 0 Å². The molecular weight excluding hydrogens is 236 g/mol. The summed E-state index contributed by atoms with van der Waals surface area (Å²) in [5, 5.41) is 0. The summed E-state index contributed by atoms with van der Waals surface area (Å²) >= 11 is 0. The molecule has 0 amide bonds. The van der Waals surface area contributed by atoms with E-state index in [0.29, 0.717) is 22.4 Å². The first-order valence-electron chi connectivity index (χ1n) is 5.48. The van der Waals surface area contributed by atoms with Crippen molar-refractivity contribution in [3.8, 4) is 16.9 Å². The number of benzene rings is 2. The van der Waals surface area contributed by atoms with Gasteiger partial charge < -0.3 is 10.5 Å². The van der Waals surface area contributed by atoms with Gasteiger partial charge in [-0.1, -0.05) is 12.1 Å². The molecule has 94 valence electrons. The highest BCUT2D eigenvalue weighted by Crippen LogP contribution is 2.32. The summed E-state index contributed by atoms with van der Waals surface area (Å²) in [5.41, 5.74) is 6.81. The van der Waals surface area contributed by atoms with E-state index in [0.717, 1.165) is 0 Å². The standard InChI is InChI=1S/C14H13F2NO/c1-18-14-5-3-10(15)7-12(14)11-4-2-9(8-17)6-13(11)16/h2-7H,8,17H2,1H3. The maximum absolute atomic E-state index is 13.9. The lowest BCUT2D eigenvalue weighted by molar-refractivity contribution is 0.415. The van der Waals surface area contributed by atoms with E-state index in [9.17, 15) is 8.78 Å². The Balaban J connectivity index is 2.57. The number of ether oxygens (including phenoxy) is 1. The van der Waals surface area contributed by atoms with E-state index in [-0.39, 0.29) is 6.54 Å². The van der Waals surface area contributed by atoms with E-state index < -0.39 is 11.6 Å². The summed E-state index contributed by atoms with van der Waals surface area (Å²) in [7, 11) is 1.46. The summed E-state index contributed by atoms with van der Waals surface area (Å²) in [4.78, 5) is 0. The third-order valence-electron chi connectivity index (χ3n) is 2.72. The molecule has 0 aromatic heterocycles. The van der Waals surface area contributed by atoms with Crippen LogP contribution in [0.5, 0.6) is 5.75 Å². The Kier molecular flexibility index (Phi) is 3.58. The van der Waals surface area contributed by atoms with E-state index in [1.807, 2.05) is 0 Å². The summed E-state index contributed by atoms with van der Waals surface area (Å²) in [6.07, 6.45) is 0. The zero-order valence-electron chi connectivity index (χ0n) is 9.91. The molecule has 0 fully saturated rings. The van der Waals surface area contributed by atoms with E-state index in [1.165, 1.54) is 31.4 Å². The lowest BCUT2D eigenvalue weighted by atomic mass is 10.0. The highest BCUT2D eigenvalue weighted by Gasteiger charge is 2.12. The monoisotopic (exact) mass is 249 g/mol. The summed E-state index contributed by atoms with van der Waals surface area (Å²) in [6, 6.07) is 8.63. The zero-order chi connectivity index (χ0) is 13.1. The Bertz CT molecular complexity index is 570. The first-order valence-corrected chi connectivity index (χ1v) is 5.48. The van der Waals surface area contributed by atoms with Crippen LogP contribution in [0.4, 0.5) is 8.78 Å². The lowest BCUT2D eigenvalue weighted by Gasteiger charge is -2.10. The van der Waals surface area contributed by atoms with Crippen molar-refractivity contribution in [3.05, 3.63) is 53.6 Å². The first kappa shape index (κ1) is 12.5. The van der Waals surface area contributed by atoms with E-state index in [4.69, 9.17) is 10.5 Å². The van der Waals surface area contributed by atoms with Crippen LogP contribution in [0.2, 0.25) is 0 Å². The molecular formula is C14H13F2NO. The van der Waals surface area contributed by atoms with Gasteiger partial charge in [0.05, 0.1) is 7.11 Å². The number of hydrogen-bond donors (Lipinski definition) is 1. The van der Waals surface area contributed by atoms with Crippen LogP contribution in [0.3, 0.4) is 0 Å². The molecule has 0 aliphatic carbocycles. The van der Waals surface area contributed by atoms with Gasteiger partial charge in [0.15, 0.2) is 0 Å². The van der Waals surface area contributed by atoms with Gasteiger partial charge >= 0.3 is 0 Å². The molecule has 0 unspecified atom stereocenters. The second-order valence-corrected chi connectivity index (χ2v) is 3.86. The predicted molar refractivity (Wildman–Crippen MR) is 66.2 cm³/mol. The van der Waals surface area contributed by atoms with Crippen LogP contribution in [0.1, 0.15) is 5.56 Å². The fourth-order valence-electron chi connectivity index (χ4n) is 1.79. The van der Waals surface area contributed by atoms with E-state index in [1.54, 1.807) is 12.1 Å². The van der Waals surface area contributed by atoms with Crippen molar-refractivity contribution in [2.24, 2.45) is 5.73 Å². The maximum Gasteiger partial charge on any atom is 0.131 e. The number of nitrogens with two attached hydrogens (primary N) is 1. The summed E-state index contributed by atoms with van der Waals surface area (Å²) in [6.45, 7) is 0.261. The van der Waals surface area contributed by atoms with Crippen LogP contribution in [-0.2, 0) is 6.54 Å². The molecule has 0 saturated carbocycles. The van der Waals surface area contributed by atoms with Gasteiger partial charge in [-0.15, -0.1) is 0 Å². The van der Waals surface area contributed by atoms with Crippen molar-refractivity contribution in [3.63, 3.8) is 0 Å². The van der Waals surface area contributed by atoms with Crippen molar-refractivity contribution in [2.45, 2.75) is 6.54 Å². The van der Waals surface area contributed by atoms with Gasteiger partial charge in [0.25, 0.3) is 0 Å². The Morgan fingerprint density at radius 2 is 1.83 bits per heavy atom. The number of methoxy groups -OCH3 is 1. The Morgan fingerprint density at radius 3 is 2.44 bits per heavy atom. The van der Waals surface area contributed by atoms with Crippen molar-refractivity contribution in [2.75, 3.05) is 7.11 Å². The average molecular weight is 249 g/mol. The highest BCUT2D eigenvalue weighted by molar-refractivity contribution is 5.71. The van der Waals surface area contributed by atoms with Crippen molar-refractivity contribution in [1.82, 2.24) is 0 Å². The van der Waals surface area contributed by atoms with Crippen molar-refractivity contribution < 1.29 is 13.5 Å². The molecule has 0 aliphatic heterocycles. The molecule has 2 aromatic carbocycles. The van der Waals surface area contributed by atoms with Gasteiger partial charge in [-0.05, 0) is 29.8 Å². The van der Waals surface area contributed by atoms with Crippen LogP contribution >= 0.6 is 0 Å². The van der Waals surface area contributed by atoms with Crippen molar-refractivity contribution >= 4 is 0 Å². The molecule has 2 N–H and O–H groups in total. The summed E-state index contributed by atoms with van der Waals surface area (Å²) < 4.78 is 32.3. The minimum absolute atomic E-state index is 0.261. The molecule has 4 heteroatoms. The van der Waals surface area contributed by atoms with Crippen LogP contribution < -0.4 is 10.5 Å². The fraction of sp³-hybridized carbons (Fsp3) is 0.143. The number of hydrogen-bond acceptors (Lipinski definition) is 2. The molecule has 2 aromatic rings. The van der Waals surface area contributed by atoms with Gasteiger partial charge in [0, 0.05) is 17.7 Å². The normalized spacial score (nSPS) is 10.4. The fourth-order valence-corrected chi connectivity index (χ4v) is 1.79. The predicted octanol–water partition coefficient (Wildman–Crippen LogP) is 3.10. The van der Waals surface area contributed by atoms with Crippen molar-refractivity contribution in [1.29, 1.82) is 0 Å². The summed E-state index contributed by atoms with van der Waals surface area (Å²) in [5.74, 6) is -0.453. The zero-order valence-corrected chi connectivity index (χ0v) is 9.91. The minimum Gasteiger partial charge on any atom is -0.496 e. The Labute approximate surface area is 104 Å². The second-order valence-electron chi connectivity index (χ2n) is 3.86. The molecule has 0 spiro atoms. The molecule has 0 saturated heterocycles. The highest BCUT2D eigenvalue weighted by atomic mass is 19.1. The van der Waals surface area contributed by atoms with Gasteiger partial charge in [-0.2, -0.15) is 0 Å². The van der Waals surface area contributed by atoms with Gasteiger partial charge in [0.1, 0.15) is 17.4 Å². The van der Waals surface area contributed by atoms with Crippen LogP contribution in [0, 0.1) is 11.6 Å². The molecule has 2 rings (SSSR count). The quantitative estimate of drug-likeness (QED) is 0.907. The third kappa shape index (κ3) is 2.33. The Hall–Kier alpha value is -1.94. The topological polar surface area (TPSA) is 35.2 Å². The van der Waals surface area contributed by atoms with Crippen LogP contribution in [0.15, 0.2) is 36.4 Å². The smallest absolute Gasteiger partial charge is 0.131 e. The number of halogens is 2. The van der Waals surface area contributed by atoms with Gasteiger partial charge in [-0.3, -0.25) is 0 Å². The largest absolute Gasteiger partial charge is 0.496 e. The van der Waals surface area contributed by atoms with E-state index >= 15 is 0 Å². The lowest BCUT2D eigenvalue weighted by Crippen LogP contribution is -1.98. The second kappa shape index (κ2) is 5.14. The molecule has 2 nitrogen and oxygen atoms in total. The molecule has 0 bridgehead atoms. The minimum atomic E-state index is -0.443. The SMILES string of the molecule is COc1ccc(F)cc1-c1ccc(CN)cc1F. The molecule has 0 atom stereocenters. The molecule has 18 heavy (non-hydrogen) atoms. The molecule has 0 aliphatic rings. The Morgan fingerprint density at radius 1 is 1.06 bits per heavy atom. The molecule has 0 radical (unpaired) electrons. The molecule has 0 heterocycles. The number of rotatable bonds is 3.